The molecule has 2 aromatic carbocycles. The molecular weight excluding hydrogens is 444 g/mol. The molecule has 10 heteroatoms. The molecule has 0 aliphatic carbocycles. The summed E-state index contributed by atoms with van der Waals surface area (Å²) in [6.45, 7) is 0. The van der Waals surface area contributed by atoms with Crippen LogP contribution in [0.15, 0.2) is 59.5 Å². The van der Waals surface area contributed by atoms with Gasteiger partial charge in [0.2, 0.25) is 17.7 Å². The Hall–Kier alpha value is -3.30. The van der Waals surface area contributed by atoms with Crippen LogP contribution in [0.1, 0.15) is 6.42 Å². The van der Waals surface area contributed by atoms with Gasteiger partial charge in [0.1, 0.15) is 5.75 Å². The largest absolute Gasteiger partial charge is 0.495 e. The van der Waals surface area contributed by atoms with Crippen LogP contribution in [0, 0.1) is 0 Å². The van der Waals surface area contributed by atoms with E-state index >= 15 is 0 Å². The number of carboxylic acid groups (broad SMARTS) is 1. The van der Waals surface area contributed by atoms with Gasteiger partial charge in [-0.1, -0.05) is 11.6 Å². The van der Waals surface area contributed by atoms with E-state index in [4.69, 9.17) is 21.4 Å². The van der Waals surface area contributed by atoms with E-state index in [1.165, 1.54) is 24.9 Å². The third-order valence-electron chi connectivity index (χ3n) is 4.28. The molecule has 1 aliphatic heterocycles. The predicted octanol–water partition coefficient (Wildman–Crippen LogP) is 3.35. The van der Waals surface area contributed by atoms with Gasteiger partial charge < -0.3 is 15.2 Å². The minimum absolute atomic E-state index is 0.0472. The smallest absolute Gasteiger partial charge is 0.328 e. The third-order valence-corrected chi connectivity index (χ3v) is 5.77. The van der Waals surface area contributed by atoms with Crippen LogP contribution in [0.4, 0.5) is 11.4 Å². The quantitative estimate of drug-likeness (QED) is 0.481. The Balaban J connectivity index is 1.66. The summed E-state index contributed by atoms with van der Waals surface area (Å²) in [6, 6.07) is 11.4. The number of hydrogen-bond acceptors (Lipinski definition) is 6. The van der Waals surface area contributed by atoms with Gasteiger partial charge >= 0.3 is 5.97 Å². The Bertz CT molecular complexity index is 1070. The van der Waals surface area contributed by atoms with E-state index in [2.05, 4.69) is 5.32 Å². The maximum atomic E-state index is 12.8. The first-order valence-corrected chi connectivity index (χ1v) is 10.2. The van der Waals surface area contributed by atoms with Crippen LogP contribution in [0.25, 0.3) is 0 Å². The van der Waals surface area contributed by atoms with Crippen molar-refractivity contribution < 1.29 is 29.0 Å². The zero-order valence-corrected chi connectivity index (χ0v) is 17.8. The van der Waals surface area contributed by atoms with E-state index in [-0.39, 0.29) is 18.2 Å². The molecule has 0 saturated carbocycles. The van der Waals surface area contributed by atoms with Crippen molar-refractivity contribution in [1.82, 2.24) is 0 Å². The van der Waals surface area contributed by atoms with Crippen molar-refractivity contribution in [2.24, 2.45) is 0 Å². The number of benzene rings is 2. The van der Waals surface area contributed by atoms with Gasteiger partial charge in [-0.2, -0.15) is 0 Å². The van der Waals surface area contributed by atoms with E-state index in [0.29, 0.717) is 22.1 Å². The molecule has 2 N–H and O–H groups in total. The molecule has 31 heavy (non-hydrogen) atoms. The lowest BCUT2D eigenvalue weighted by atomic mass is 10.3. The van der Waals surface area contributed by atoms with Crippen molar-refractivity contribution in [2.75, 3.05) is 17.3 Å². The number of carbonyl (C=O) groups excluding carboxylic acids is 3. The lowest BCUT2D eigenvalue weighted by Gasteiger charge is -2.16. The summed E-state index contributed by atoms with van der Waals surface area (Å²) in [5.41, 5.74) is 0.851. The second kappa shape index (κ2) is 9.67. The molecule has 0 spiro atoms. The summed E-state index contributed by atoms with van der Waals surface area (Å²) in [4.78, 5) is 49.2. The predicted molar refractivity (Wildman–Crippen MR) is 117 cm³/mol. The summed E-state index contributed by atoms with van der Waals surface area (Å²) in [5.74, 6) is -2.01. The number of aliphatic carboxylic acids is 1. The number of imide groups is 1. The van der Waals surface area contributed by atoms with Crippen LogP contribution >= 0.6 is 23.4 Å². The first-order valence-electron chi connectivity index (χ1n) is 8.97. The molecule has 0 radical (unpaired) electrons. The molecule has 1 atom stereocenters. The van der Waals surface area contributed by atoms with Gasteiger partial charge in [-0.3, -0.25) is 14.4 Å². The molecule has 1 saturated heterocycles. The lowest BCUT2D eigenvalue weighted by Crippen LogP contribution is -2.31. The summed E-state index contributed by atoms with van der Waals surface area (Å²) >= 11 is 7.35. The highest BCUT2D eigenvalue weighted by Crippen LogP contribution is 2.36. The second-order valence-electron chi connectivity index (χ2n) is 6.38. The van der Waals surface area contributed by atoms with Crippen molar-refractivity contribution in [2.45, 2.75) is 16.6 Å². The summed E-state index contributed by atoms with van der Waals surface area (Å²) in [5, 5.41) is 10.8. The number of nitrogens with one attached hydrogen (secondary N) is 1. The number of carboxylic acids is 1. The topological polar surface area (TPSA) is 113 Å². The molecule has 0 bridgehead atoms. The first-order chi connectivity index (χ1) is 14.8. The van der Waals surface area contributed by atoms with Crippen molar-refractivity contribution in [3.63, 3.8) is 0 Å². The number of hydrogen-bond donors (Lipinski definition) is 2. The Morgan fingerprint density at radius 2 is 1.90 bits per heavy atom. The summed E-state index contributed by atoms with van der Waals surface area (Å²) in [7, 11) is 1.48. The van der Waals surface area contributed by atoms with Gasteiger partial charge in [0.05, 0.1) is 23.1 Å². The maximum absolute atomic E-state index is 12.8. The number of methoxy groups -OCH3 is 1. The molecule has 160 valence electrons. The molecule has 8 nitrogen and oxygen atoms in total. The zero-order chi connectivity index (χ0) is 22.5. The van der Waals surface area contributed by atoms with Gasteiger partial charge in [0, 0.05) is 29.2 Å². The van der Waals surface area contributed by atoms with E-state index in [9.17, 15) is 19.2 Å². The minimum Gasteiger partial charge on any atom is -0.495 e. The standard InChI is InChI=1S/C21H17ClN2O6S/c1-30-16-7-4-13(10-15(16)22)24-19(26)11-17(21(24)29)31-14-5-2-12(3-6-14)23-18(25)8-9-20(27)28/h2-10,17H,11H2,1H3,(H,23,25)(H,27,28). The highest BCUT2D eigenvalue weighted by Gasteiger charge is 2.40. The lowest BCUT2D eigenvalue weighted by molar-refractivity contribution is -0.131. The van der Waals surface area contributed by atoms with Crippen LogP contribution in [0.2, 0.25) is 5.02 Å². The second-order valence-corrected chi connectivity index (χ2v) is 8.07. The Labute approximate surface area is 186 Å². The Morgan fingerprint density at radius 1 is 1.19 bits per heavy atom. The van der Waals surface area contributed by atoms with Crippen LogP contribution in [-0.2, 0) is 19.2 Å². The molecule has 1 aliphatic rings. The van der Waals surface area contributed by atoms with E-state index in [0.717, 1.165) is 21.9 Å². The highest BCUT2D eigenvalue weighted by molar-refractivity contribution is 8.00. The number of thioether (sulfide) groups is 1. The Kier molecular flexibility index (Phi) is 6.98. The van der Waals surface area contributed by atoms with Gasteiger partial charge in [-0.15, -0.1) is 11.8 Å². The minimum atomic E-state index is -1.22. The summed E-state index contributed by atoms with van der Waals surface area (Å²) < 4.78 is 5.09. The van der Waals surface area contributed by atoms with E-state index in [1.54, 1.807) is 36.4 Å². The van der Waals surface area contributed by atoms with Crippen molar-refractivity contribution in [3.05, 3.63) is 59.6 Å². The van der Waals surface area contributed by atoms with E-state index < -0.39 is 17.1 Å². The van der Waals surface area contributed by atoms with Crippen LogP contribution in [0.3, 0.4) is 0 Å². The van der Waals surface area contributed by atoms with Gasteiger partial charge in [-0.05, 0) is 42.5 Å². The number of amides is 3. The fourth-order valence-corrected chi connectivity index (χ4v) is 4.18. The van der Waals surface area contributed by atoms with Crippen LogP contribution in [-0.4, -0.2) is 41.2 Å². The first kappa shape index (κ1) is 22.4. The number of nitrogens with zero attached hydrogens (tertiary/aromatic N) is 1. The number of halogens is 1. The van der Waals surface area contributed by atoms with Crippen LogP contribution in [0.5, 0.6) is 5.75 Å². The molecule has 2 aromatic rings. The number of anilines is 2. The normalized spacial score (nSPS) is 16.1. The average molecular weight is 461 g/mol. The van der Waals surface area contributed by atoms with Gasteiger partial charge in [0.15, 0.2) is 0 Å². The third kappa shape index (κ3) is 5.44. The fraction of sp³-hybridized carbons (Fsp3) is 0.143. The summed E-state index contributed by atoms with van der Waals surface area (Å²) in [6.07, 6.45) is 1.70. The van der Waals surface area contributed by atoms with Crippen molar-refractivity contribution >= 4 is 58.4 Å². The van der Waals surface area contributed by atoms with Crippen molar-refractivity contribution in [3.8, 4) is 5.75 Å². The van der Waals surface area contributed by atoms with Gasteiger partial charge in [-0.25, -0.2) is 9.69 Å². The zero-order valence-electron chi connectivity index (χ0n) is 16.2. The van der Waals surface area contributed by atoms with Crippen molar-refractivity contribution in [1.29, 1.82) is 0 Å². The highest BCUT2D eigenvalue weighted by atomic mass is 35.5. The molecule has 1 heterocycles. The monoisotopic (exact) mass is 460 g/mol. The molecule has 1 fully saturated rings. The molecular formula is C21H17ClN2O6S. The fourth-order valence-electron chi connectivity index (χ4n) is 2.87. The number of rotatable bonds is 7. The van der Waals surface area contributed by atoms with E-state index in [1.807, 2.05) is 0 Å². The number of carbonyl (C=O) groups is 4. The molecule has 0 aromatic heterocycles. The SMILES string of the molecule is COc1ccc(N2C(=O)CC(Sc3ccc(NC(=O)C=CC(=O)O)cc3)C2=O)cc1Cl. The van der Waals surface area contributed by atoms with Gasteiger partial charge in [0.25, 0.3) is 0 Å². The average Bonchev–Trinajstić information content (AvgIpc) is 3.00. The molecule has 1 unspecified atom stereocenters. The Morgan fingerprint density at radius 3 is 2.52 bits per heavy atom. The molecule has 3 rings (SSSR count). The van der Waals surface area contributed by atoms with Crippen LogP contribution < -0.4 is 15.0 Å². The maximum Gasteiger partial charge on any atom is 0.328 e. The number of ether oxygens (including phenoxy) is 1. The molecule has 3 amide bonds.